The summed E-state index contributed by atoms with van der Waals surface area (Å²) in [7, 11) is 0. The molecule has 0 radical (unpaired) electrons. The smallest absolute Gasteiger partial charge is 0.235 e. The predicted octanol–water partition coefficient (Wildman–Crippen LogP) is 2.82. The molecule has 1 N–H and O–H groups in total. The van der Waals surface area contributed by atoms with Gasteiger partial charge in [0.05, 0.1) is 6.04 Å². The van der Waals surface area contributed by atoms with Crippen LogP contribution < -0.4 is 5.43 Å². The van der Waals surface area contributed by atoms with E-state index < -0.39 is 0 Å². The molecule has 0 aromatic heterocycles. The van der Waals surface area contributed by atoms with Crippen molar-refractivity contribution in [3.63, 3.8) is 0 Å². The number of hydrogen-bond acceptors (Lipinski definition) is 2. The van der Waals surface area contributed by atoms with Gasteiger partial charge >= 0.3 is 0 Å². The lowest BCUT2D eigenvalue weighted by molar-refractivity contribution is -0.121. The van der Waals surface area contributed by atoms with Crippen molar-refractivity contribution >= 4 is 5.91 Å². The van der Waals surface area contributed by atoms with Crippen LogP contribution in [0.4, 0.5) is 0 Å². The third-order valence-electron chi connectivity index (χ3n) is 3.63. The normalized spacial score (nSPS) is 16.9. The molecule has 0 unspecified atom stereocenters. The summed E-state index contributed by atoms with van der Waals surface area (Å²) in [4.78, 5) is 11.5. The molecule has 0 aliphatic carbocycles. The Labute approximate surface area is 119 Å². The zero-order valence-electron chi connectivity index (χ0n) is 11.5. The maximum absolute atomic E-state index is 11.5. The Kier molecular flexibility index (Phi) is 3.52. The number of aryl methyl sites for hydroxylation is 1. The molecule has 2 aromatic carbocycles. The topological polar surface area (TPSA) is 32.3 Å². The number of hydrazine groups is 1. The molecule has 1 fully saturated rings. The Hall–Kier alpha value is -2.13. The second kappa shape index (κ2) is 5.47. The predicted molar refractivity (Wildman–Crippen MR) is 78.9 cm³/mol. The first-order valence-corrected chi connectivity index (χ1v) is 6.92. The van der Waals surface area contributed by atoms with E-state index in [1.165, 1.54) is 16.7 Å². The van der Waals surface area contributed by atoms with E-state index in [1.807, 2.05) is 23.2 Å². The molecule has 2 aromatic rings. The third-order valence-corrected chi connectivity index (χ3v) is 3.63. The van der Waals surface area contributed by atoms with E-state index in [0.717, 1.165) is 6.54 Å². The number of rotatable bonds is 3. The van der Waals surface area contributed by atoms with E-state index in [2.05, 4.69) is 48.7 Å². The molecule has 20 heavy (non-hydrogen) atoms. The minimum atomic E-state index is 0.0718. The Morgan fingerprint density at radius 3 is 2.45 bits per heavy atom. The van der Waals surface area contributed by atoms with Crippen LogP contribution >= 0.6 is 0 Å². The van der Waals surface area contributed by atoms with E-state index >= 15 is 0 Å². The van der Waals surface area contributed by atoms with E-state index in [9.17, 15) is 4.79 Å². The van der Waals surface area contributed by atoms with Crippen LogP contribution in [0.25, 0.3) is 0 Å². The van der Waals surface area contributed by atoms with Crippen LogP contribution in [0.15, 0.2) is 54.6 Å². The van der Waals surface area contributed by atoms with Crippen LogP contribution in [0, 0.1) is 6.92 Å². The summed E-state index contributed by atoms with van der Waals surface area (Å²) in [5.41, 5.74) is 6.60. The molecule has 1 amide bonds. The second-order valence-corrected chi connectivity index (χ2v) is 5.21. The minimum absolute atomic E-state index is 0.0718. The van der Waals surface area contributed by atoms with Gasteiger partial charge in [0.1, 0.15) is 0 Å². The average Bonchev–Trinajstić information content (AvgIpc) is 2.87. The van der Waals surface area contributed by atoms with Crippen molar-refractivity contribution in [2.45, 2.75) is 19.4 Å². The molecule has 1 heterocycles. The lowest BCUT2D eigenvalue weighted by Crippen LogP contribution is -2.37. The second-order valence-electron chi connectivity index (χ2n) is 5.21. The molecular weight excluding hydrogens is 248 g/mol. The fourth-order valence-corrected chi connectivity index (χ4v) is 2.72. The Morgan fingerprint density at radius 1 is 1.05 bits per heavy atom. The van der Waals surface area contributed by atoms with E-state index in [-0.39, 0.29) is 11.9 Å². The SMILES string of the molecule is Cc1cccc([C@@H](c2ccccc2)N2CCC(=O)N2)c1. The van der Waals surface area contributed by atoms with Crippen LogP contribution in [0.5, 0.6) is 0 Å². The van der Waals surface area contributed by atoms with Gasteiger partial charge in [-0.2, -0.15) is 0 Å². The van der Waals surface area contributed by atoms with Crippen LogP contribution in [-0.2, 0) is 4.79 Å². The Morgan fingerprint density at radius 2 is 1.80 bits per heavy atom. The molecule has 1 aliphatic rings. The van der Waals surface area contributed by atoms with E-state index in [0.29, 0.717) is 6.42 Å². The number of amides is 1. The molecule has 3 rings (SSSR count). The molecule has 0 saturated carbocycles. The van der Waals surface area contributed by atoms with Crippen LogP contribution in [-0.4, -0.2) is 17.5 Å². The van der Waals surface area contributed by atoms with Gasteiger partial charge in [-0.05, 0) is 18.1 Å². The van der Waals surface area contributed by atoms with Crippen molar-refractivity contribution < 1.29 is 4.79 Å². The summed E-state index contributed by atoms with van der Waals surface area (Å²) in [6.45, 7) is 2.83. The van der Waals surface area contributed by atoms with Crippen molar-refractivity contribution in [3.8, 4) is 0 Å². The zero-order chi connectivity index (χ0) is 13.9. The lowest BCUT2D eigenvalue weighted by Gasteiger charge is -2.28. The summed E-state index contributed by atoms with van der Waals surface area (Å²) in [6, 6.07) is 18.8. The van der Waals surface area contributed by atoms with Gasteiger partial charge in [-0.3, -0.25) is 10.2 Å². The number of hydrogen-bond donors (Lipinski definition) is 1. The number of carbonyl (C=O) groups is 1. The number of nitrogens with zero attached hydrogens (tertiary/aromatic N) is 1. The molecular formula is C17H18N2O. The fourth-order valence-electron chi connectivity index (χ4n) is 2.72. The van der Waals surface area contributed by atoms with Crippen LogP contribution in [0.1, 0.15) is 29.2 Å². The zero-order valence-corrected chi connectivity index (χ0v) is 11.5. The Balaban J connectivity index is 2.01. The van der Waals surface area contributed by atoms with Gasteiger partial charge in [0.15, 0.2) is 0 Å². The highest BCUT2D eigenvalue weighted by molar-refractivity contribution is 5.77. The van der Waals surface area contributed by atoms with E-state index in [4.69, 9.17) is 0 Å². The fraction of sp³-hybridized carbons (Fsp3) is 0.235. The summed E-state index contributed by atoms with van der Waals surface area (Å²) in [6.07, 6.45) is 0.565. The van der Waals surface area contributed by atoms with Gasteiger partial charge in [0.2, 0.25) is 5.91 Å². The summed E-state index contributed by atoms with van der Waals surface area (Å²) in [5, 5.41) is 2.03. The maximum Gasteiger partial charge on any atom is 0.235 e. The van der Waals surface area contributed by atoms with Gasteiger partial charge in [-0.15, -0.1) is 0 Å². The maximum atomic E-state index is 11.5. The molecule has 0 bridgehead atoms. The summed E-state index contributed by atoms with van der Waals surface area (Å²) in [5.74, 6) is 0.0959. The third kappa shape index (κ3) is 2.58. The highest BCUT2D eigenvalue weighted by Gasteiger charge is 2.28. The van der Waals surface area contributed by atoms with E-state index in [1.54, 1.807) is 0 Å². The molecule has 3 heteroatoms. The Bertz CT molecular complexity index is 609. The number of nitrogens with one attached hydrogen (secondary N) is 1. The quantitative estimate of drug-likeness (QED) is 0.926. The van der Waals surface area contributed by atoms with Crippen molar-refractivity contribution in [3.05, 3.63) is 71.3 Å². The van der Waals surface area contributed by atoms with Crippen LogP contribution in [0.3, 0.4) is 0 Å². The van der Waals surface area contributed by atoms with Gasteiger partial charge in [0, 0.05) is 13.0 Å². The highest BCUT2D eigenvalue weighted by Crippen LogP contribution is 2.29. The molecule has 1 atom stereocenters. The molecule has 1 saturated heterocycles. The highest BCUT2D eigenvalue weighted by atomic mass is 16.2. The first kappa shape index (κ1) is 12.9. The number of benzene rings is 2. The monoisotopic (exact) mass is 266 g/mol. The number of carbonyl (C=O) groups excluding carboxylic acids is 1. The largest absolute Gasteiger partial charge is 0.288 e. The minimum Gasteiger partial charge on any atom is -0.288 e. The standard InChI is InChI=1S/C17H18N2O/c1-13-6-5-9-15(12-13)17(14-7-3-2-4-8-14)19-11-10-16(20)18-19/h2-9,12,17H,10-11H2,1H3,(H,18,20)/t17-/m1/s1. The first-order chi connectivity index (χ1) is 9.74. The van der Waals surface area contributed by atoms with Crippen LogP contribution in [0.2, 0.25) is 0 Å². The molecule has 0 spiro atoms. The van der Waals surface area contributed by atoms with Gasteiger partial charge < -0.3 is 0 Å². The van der Waals surface area contributed by atoms with Gasteiger partial charge in [-0.25, -0.2) is 5.01 Å². The molecule has 102 valence electrons. The van der Waals surface area contributed by atoms with Gasteiger partial charge in [0.25, 0.3) is 0 Å². The van der Waals surface area contributed by atoms with Crippen molar-refractivity contribution in [1.29, 1.82) is 0 Å². The van der Waals surface area contributed by atoms with Crippen molar-refractivity contribution in [2.24, 2.45) is 0 Å². The molecule has 3 nitrogen and oxygen atoms in total. The van der Waals surface area contributed by atoms with Crippen molar-refractivity contribution in [2.75, 3.05) is 6.54 Å². The average molecular weight is 266 g/mol. The molecule has 1 aliphatic heterocycles. The summed E-state index contributed by atoms with van der Waals surface area (Å²) >= 11 is 0. The summed E-state index contributed by atoms with van der Waals surface area (Å²) < 4.78 is 0. The van der Waals surface area contributed by atoms with Gasteiger partial charge in [-0.1, -0.05) is 60.2 Å². The lowest BCUT2D eigenvalue weighted by atomic mass is 9.97. The first-order valence-electron chi connectivity index (χ1n) is 6.92. The van der Waals surface area contributed by atoms with Crippen molar-refractivity contribution in [1.82, 2.24) is 10.4 Å².